The number of carbonyl (C=O) groups excluding carboxylic acids is 3. The summed E-state index contributed by atoms with van der Waals surface area (Å²) in [6.45, 7) is 1.25. The molecule has 0 aliphatic carbocycles. The standard InChI is InChI=1S/C28H37N5O4S/c1-30-20-26(34)32-24(15-17-38-3)27(35)31(16-7-10-21-8-5-4-6-9-21)19-25(32)33(30)28(36)29-18-22-11-13-23(37-2)14-12-22/h4-6,8-9,11-14,24-25H,7,10,15-20H2,1-3H3,(H,29,36)/t24-,25-/m0/s1. The molecule has 38 heavy (non-hydrogen) atoms. The van der Waals surface area contributed by atoms with Crippen LogP contribution in [0.2, 0.25) is 0 Å². The van der Waals surface area contributed by atoms with E-state index in [1.54, 1.807) is 40.8 Å². The Kier molecular flexibility index (Phi) is 9.52. The second-order valence-electron chi connectivity index (χ2n) is 9.62. The monoisotopic (exact) mass is 539 g/mol. The number of rotatable bonds is 10. The lowest BCUT2D eigenvalue weighted by Gasteiger charge is -2.54. The zero-order valence-electron chi connectivity index (χ0n) is 22.3. The molecule has 2 fully saturated rings. The van der Waals surface area contributed by atoms with Gasteiger partial charge in [-0.05, 0) is 54.5 Å². The van der Waals surface area contributed by atoms with Crippen LogP contribution < -0.4 is 10.1 Å². The molecule has 0 unspecified atom stereocenters. The molecule has 2 aromatic rings. The Balaban J connectivity index is 1.50. The van der Waals surface area contributed by atoms with Crippen molar-refractivity contribution in [1.82, 2.24) is 25.1 Å². The maximum absolute atomic E-state index is 13.6. The van der Waals surface area contributed by atoms with Crippen molar-refractivity contribution < 1.29 is 19.1 Å². The number of carbonyl (C=O) groups is 3. The quantitative estimate of drug-likeness (QED) is 0.500. The molecule has 2 aromatic carbocycles. The Morgan fingerprint density at radius 2 is 1.82 bits per heavy atom. The highest BCUT2D eigenvalue weighted by atomic mass is 32.2. The SMILES string of the molecule is COc1ccc(CNC(=O)N2[C@H]3CN(CCCc4ccccc4)C(=O)[C@H](CCSC)N3C(=O)CN2C)cc1. The van der Waals surface area contributed by atoms with Crippen LogP contribution in [-0.2, 0) is 22.6 Å². The van der Waals surface area contributed by atoms with Crippen LogP contribution in [0.25, 0.3) is 0 Å². The number of nitrogens with one attached hydrogen (secondary N) is 1. The number of thioether (sulfide) groups is 1. The Morgan fingerprint density at radius 1 is 1.08 bits per heavy atom. The second-order valence-corrected chi connectivity index (χ2v) is 10.6. The number of ether oxygens (including phenoxy) is 1. The van der Waals surface area contributed by atoms with Crippen LogP contribution in [0.15, 0.2) is 54.6 Å². The molecule has 4 rings (SSSR count). The topological polar surface area (TPSA) is 85.4 Å². The maximum Gasteiger partial charge on any atom is 0.334 e. The number of fused-ring (bicyclic) bond motifs is 1. The van der Waals surface area contributed by atoms with Gasteiger partial charge in [-0.3, -0.25) is 9.59 Å². The highest BCUT2D eigenvalue weighted by Crippen LogP contribution is 2.28. The van der Waals surface area contributed by atoms with Crippen LogP contribution in [0.1, 0.15) is 24.0 Å². The first-order valence-corrected chi connectivity index (χ1v) is 14.4. The van der Waals surface area contributed by atoms with E-state index < -0.39 is 12.2 Å². The van der Waals surface area contributed by atoms with E-state index in [0.29, 0.717) is 19.5 Å². The van der Waals surface area contributed by atoms with Crippen molar-refractivity contribution in [3.8, 4) is 5.75 Å². The van der Waals surface area contributed by atoms with Crippen LogP contribution >= 0.6 is 11.8 Å². The number of hydrogen-bond donors (Lipinski definition) is 1. The zero-order chi connectivity index (χ0) is 27.1. The van der Waals surface area contributed by atoms with Gasteiger partial charge in [-0.2, -0.15) is 11.8 Å². The van der Waals surface area contributed by atoms with Gasteiger partial charge in [-0.1, -0.05) is 42.5 Å². The molecule has 1 N–H and O–H groups in total. The molecule has 0 bridgehead atoms. The Morgan fingerprint density at radius 3 is 2.50 bits per heavy atom. The first-order chi connectivity index (χ1) is 18.4. The van der Waals surface area contributed by atoms with E-state index in [9.17, 15) is 14.4 Å². The Bertz CT molecular complexity index is 1100. The van der Waals surface area contributed by atoms with E-state index in [4.69, 9.17) is 4.74 Å². The van der Waals surface area contributed by atoms with Crippen molar-refractivity contribution in [3.63, 3.8) is 0 Å². The fraction of sp³-hybridized carbons (Fsp3) is 0.464. The first-order valence-electron chi connectivity index (χ1n) is 13.0. The number of nitrogens with zero attached hydrogens (tertiary/aromatic N) is 4. The molecule has 204 valence electrons. The summed E-state index contributed by atoms with van der Waals surface area (Å²) in [5.41, 5.74) is 2.16. The molecule has 10 heteroatoms. The van der Waals surface area contributed by atoms with Crippen molar-refractivity contribution in [2.75, 3.05) is 45.8 Å². The third kappa shape index (κ3) is 6.42. The number of likely N-dealkylation sites (N-methyl/N-ethyl adjacent to an activating group) is 1. The lowest BCUT2D eigenvalue weighted by atomic mass is 10.0. The van der Waals surface area contributed by atoms with E-state index in [0.717, 1.165) is 29.9 Å². The van der Waals surface area contributed by atoms with Crippen molar-refractivity contribution in [1.29, 1.82) is 0 Å². The van der Waals surface area contributed by atoms with Gasteiger partial charge < -0.3 is 19.9 Å². The number of urea groups is 1. The summed E-state index contributed by atoms with van der Waals surface area (Å²) in [5.74, 6) is 1.35. The summed E-state index contributed by atoms with van der Waals surface area (Å²) in [6.07, 6.45) is 3.67. The zero-order valence-corrected chi connectivity index (χ0v) is 23.2. The summed E-state index contributed by atoms with van der Waals surface area (Å²) in [6, 6.07) is 16.8. The van der Waals surface area contributed by atoms with Gasteiger partial charge in [0.15, 0.2) is 0 Å². The molecule has 2 atom stereocenters. The van der Waals surface area contributed by atoms with E-state index >= 15 is 0 Å². The van der Waals surface area contributed by atoms with E-state index in [-0.39, 0.29) is 30.9 Å². The summed E-state index contributed by atoms with van der Waals surface area (Å²) < 4.78 is 5.21. The molecular weight excluding hydrogens is 502 g/mol. The van der Waals surface area contributed by atoms with E-state index in [1.165, 1.54) is 5.56 Å². The van der Waals surface area contributed by atoms with Crippen LogP contribution in [-0.4, -0.2) is 95.7 Å². The predicted octanol–water partition coefficient (Wildman–Crippen LogP) is 2.82. The lowest BCUT2D eigenvalue weighted by molar-refractivity contribution is -0.187. The van der Waals surface area contributed by atoms with Gasteiger partial charge in [-0.15, -0.1) is 0 Å². The minimum absolute atomic E-state index is 0.0279. The fourth-order valence-corrected chi connectivity index (χ4v) is 5.59. The summed E-state index contributed by atoms with van der Waals surface area (Å²) in [5, 5.41) is 6.26. The van der Waals surface area contributed by atoms with Crippen molar-refractivity contribution in [2.45, 2.75) is 38.0 Å². The maximum atomic E-state index is 13.6. The molecule has 0 saturated carbocycles. The fourth-order valence-electron chi connectivity index (χ4n) is 5.13. The third-order valence-corrected chi connectivity index (χ3v) is 7.73. The number of aryl methyl sites for hydroxylation is 1. The van der Waals surface area contributed by atoms with E-state index in [2.05, 4.69) is 17.4 Å². The molecule has 0 spiro atoms. The molecule has 2 aliphatic rings. The van der Waals surface area contributed by atoms with Crippen LogP contribution in [0.3, 0.4) is 0 Å². The third-order valence-electron chi connectivity index (χ3n) is 7.08. The predicted molar refractivity (Wildman–Crippen MR) is 148 cm³/mol. The summed E-state index contributed by atoms with van der Waals surface area (Å²) in [7, 11) is 3.36. The number of piperazine rings is 1. The number of methoxy groups -OCH3 is 1. The molecule has 0 radical (unpaired) electrons. The van der Waals surface area contributed by atoms with Gasteiger partial charge in [0, 0.05) is 20.1 Å². The highest BCUT2D eigenvalue weighted by Gasteiger charge is 2.50. The molecule has 4 amide bonds. The number of hydrazine groups is 1. The Hall–Kier alpha value is -3.24. The average Bonchev–Trinajstić information content (AvgIpc) is 2.92. The molecule has 2 saturated heterocycles. The van der Waals surface area contributed by atoms with Gasteiger partial charge in [0.05, 0.1) is 20.2 Å². The number of benzene rings is 2. The largest absolute Gasteiger partial charge is 0.497 e. The summed E-state index contributed by atoms with van der Waals surface area (Å²) >= 11 is 1.65. The van der Waals surface area contributed by atoms with Gasteiger partial charge in [0.25, 0.3) is 0 Å². The minimum Gasteiger partial charge on any atom is -0.497 e. The second kappa shape index (κ2) is 13.0. The van der Waals surface area contributed by atoms with Crippen LogP contribution in [0, 0.1) is 0 Å². The summed E-state index contributed by atoms with van der Waals surface area (Å²) in [4.78, 5) is 43.8. The van der Waals surface area contributed by atoms with Crippen molar-refractivity contribution in [3.05, 3.63) is 65.7 Å². The van der Waals surface area contributed by atoms with Gasteiger partial charge >= 0.3 is 6.03 Å². The van der Waals surface area contributed by atoms with Crippen LogP contribution in [0.4, 0.5) is 4.79 Å². The molecule has 2 heterocycles. The number of amides is 4. The molecule has 2 aliphatic heterocycles. The van der Waals surface area contributed by atoms with Crippen LogP contribution in [0.5, 0.6) is 5.75 Å². The van der Waals surface area contributed by atoms with Gasteiger partial charge in [-0.25, -0.2) is 14.8 Å². The van der Waals surface area contributed by atoms with E-state index in [1.807, 2.05) is 53.6 Å². The Labute approximate surface area is 229 Å². The first kappa shape index (κ1) is 27.8. The minimum atomic E-state index is -0.573. The van der Waals surface area contributed by atoms with Crippen molar-refractivity contribution >= 4 is 29.6 Å². The average molecular weight is 540 g/mol. The molecular formula is C28H37N5O4S. The smallest absolute Gasteiger partial charge is 0.334 e. The highest BCUT2D eigenvalue weighted by molar-refractivity contribution is 7.98. The molecule has 0 aromatic heterocycles. The van der Waals surface area contributed by atoms with Gasteiger partial charge in [0.2, 0.25) is 11.8 Å². The van der Waals surface area contributed by atoms with Crippen molar-refractivity contribution in [2.24, 2.45) is 0 Å². The lowest BCUT2D eigenvalue weighted by Crippen LogP contribution is -2.76. The molecule has 9 nitrogen and oxygen atoms in total. The normalized spacial score (nSPS) is 19.9. The van der Waals surface area contributed by atoms with Gasteiger partial charge in [0.1, 0.15) is 18.0 Å². The number of hydrogen-bond acceptors (Lipinski definition) is 6.